The van der Waals surface area contributed by atoms with Crippen molar-refractivity contribution in [3.63, 3.8) is 0 Å². The van der Waals surface area contributed by atoms with E-state index in [9.17, 15) is 14.3 Å². The molecule has 0 radical (unpaired) electrons. The molecule has 1 saturated heterocycles. The van der Waals surface area contributed by atoms with Crippen molar-refractivity contribution in [1.82, 2.24) is 4.90 Å². The first-order valence-corrected chi connectivity index (χ1v) is 10.1. The summed E-state index contributed by atoms with van der Waals surface area (Å²) >= 11 is 0. The molecule has 28 heavy (non-hydrogen) atoms. The summed E-state index contributed by atoms with van der Waals surface area (Å²) in [6.45, 7) is 2.48. The lowest BCUT2D eigenvalue weighted by Gasteiger charge is -2.34. The van der Waals surface area contributed by atoms with E-state index in [0.29, 0.717) is 38.1 Å². The average Bonchev–Trinajstić information content (AvgIpc) is 2.66. The van der Waals surface area contributed by atoms with E-state index in [0.717, 1.165) is 37.9 Å². The zero-order chi connectivity index (χ0) is 20.6. The molecule has 1 aromatic rings. The molecule has 0 aromatic heterocycles. The van der Waals surface area contributed by atoms with E-state index < -0.39 is 18.6 Å². The molecule has 0 amide bonds. The Bertz CT molecular complexity index is 609. The lowest BCUT2D eigenvalue weighted by molar-refractivity contribution is -0.144. The molecule has 1 atom stereocenters. The van der Waals surface area contributed by atoms with E-state index in [-0.39, 0.29) is 12.1 Å². The number of hydrogen-bond donors (Lipinski definition) is 4. The molecule has 1 fully saturated rings. The van der Waals surface area contributed by atoms with Crippen LogP contribution >= 0.6 is 0 Å². The highest BCUT2D eigenvalue weighted by Crippen LogP contribution is 2.24. The second-order valence-corrected chi connectivity index (χ2v) is 8.05. The maximum Gasteiger partial charge on any atom is 0.451 e. The average molecular weight is 394 g/mol. The van der Waals surface area contributed by atoms with Crippen molar-refractivity contribution in [2.75, 3.05) is 19.6 Å². The quantitative estimate of drug-likeness (QED) is 0.337. The van der Waals surface area contributed by atoms with Crippen LogP contribution < -0.4 is 5.73 Å². The summed E-state index contributed by atoms with van der Waals surface area (Å²) in [6.07, 6.45) is 5.06. The molecular weight excluding hydrogens is 362 g/mol. The van der Waals surface area contributed by atoms with Gasteiger partial charge >= 0.3 is 13.1 Å². The normalized spacial score (nSPS) is 18.0. The fraction of sp³-hybridized carbons (Fsp3) is 0.650. The summed E-state index contributed by atoms with van der Waals surface area (Å²) in [5, 5.41) is 27.3. The Hall–Kier alpha value is -1.48. The van der Waals surface area contributed by atoms with Gasteiger partial charge in [-0.25, -0.2) is 4.39 Å². The van der Waals surface area contributed by atoms with Crippen molar-refractivity contribution in [3.8, 4) is 0 Å². The molecule has 6 nitrogen and oxygen atoms in total. The van der Waals surface area contributed by atoms with E-state index >= 15 is 0 Å². The van der Waals surface area contributed by atoms with Crippen LogP contribution in [0.1, 0.15) is 44.1 Å². The Morgan fingerprint density at radius 1 is 1.18 bits per heavy atom. The fourth-order valence-electron chi connectivity index (χ4n) is 3.83. The van der Waals surface area contributed by atoms with Gasteiger partial charge in [0, 0.05) is 6.54 Å². The molecule has 5 N–H and O–H groups in total. The molecule has 1 aliphatic rings. The highest BCUT2D eigenvalue weighted by Gasteiger charge is 2.34. The van der Waals surface area contributed by atoms with Gasteiger partial charge in [0.2, 0.25) is 0 Å². The minimum atomic E-state index is -1.35. The van der Waals surface area contributed by atoms with Gasteiger partial charge in [0.05, 0.1) is 0 Å². The van der Waals surface area contributed by atoms with Crippen LogP contribution in [0.3, 0.4) is 0 Å². The highest BCUT2D eigenvalue weighted by atomic mass is 19.1. The topological polar surface area (TPSA) is 107 Å². The van der Waals surface area contributed by atoms with Crippen LogP contribution in [-0.4, -0.2) is 58.3 Å². The first-order chi connectivity index (χ1) is 13.3. The summed E-state index contributed by atoms with van der Waals surface area (Å²) in [5.74, 6) is -0.647. The Morgan fingerprint density at radius 2 is 1.82 bits per heavy atom. The number of piperidine rings is 1. The molecule has 0 saturated carbocycles. The SMILES string of the molecule is NC(CCCCB(O)O)(CCN1CCC(Cc2ccc(F)cc2)CC1)C(=O)O. The molecule has 1 aliphatic heterocycles. The lowest BCUT2D eigenvalue weighted by Crippen LogP contribution is -2.50. The predicted molar refractivity (Wildman–Crippen MR) is 107 cm³/mol. The molecule has 1 aromatic carbocycles. The van der Waals surface area contributed by atoms with Crippen LogP contribution in [0, 0.1) is 11.7 Å². The van der Waals surface area contributed by atoms with Gasteiger partial charge in [-0.2, -0.15) is 0 Å². The third kappa shape index (κ3) is 7.51. The molecular formula is C20H32BFN2O4. The number of nitrogens with zero attached hydrogens (tertiary/aromatic N) is 1. The largest absolute Gasteiger partial charge is 0.480 e. The number of carbonyl (C=O) groups is 1. The van der Waals surface area contributed by atoms with Crippen molar-refractivity contribution < 1.29 is 24.3 Å². The Morgan fingerprint density at radius 3 is 2.39 bits per heavy atom. The Kier molecular flexibility index (Phi) is 8.88. The van der Waals surface area contributed by atoms with Gasteiger partial charge < -0.3 is 25.8 Å². The lowest BCUT2D eigenvalue weighted by atomic mass is 9.81. The minimum absolute atomic E-state index is 0.213. The zero-order valence-electron chi connectivity index (χ0n) is 16.4. The maximum absolute atomic E-state index is 13.0. The molecule has 1 unspecified atom stereocenters. The predicted octanol–water partition coefficient (Wildman–Crippen LogP) is 1.90. The molecule has 0 bridgehead atoms. The van der Waals surface area contributed by atoms with Crippen molar-refractivity contribution in [3.05, 3.63) is 35.6 Å². The fourth-order valence-corrected chi connectivity index (χ4v) is 3.83. The number of nitrogens with two attached hydrogens (primary N) is 1. The molecule has 1 heterocycles. The number of likely N-dealkylation sites (tertiary alicyclic amines) is 1. The highest BCUT2D eigenvalue weighted by molar-refractivity contribution is 6.40. The monoisotopic (exact) mass is 394 g/mol. The standard InChI is InChI=1S/C20H32BFN2O4/c22-18-5-3-16(4-6-18)15-17-7-12-24(13-8-17)14-10-20(23,19(25)26)9-1-2-11-21(27)28/h3-6,17,27-28H,1-2,7-15,23H2,(H,25,26). The van der Waals surface area contributed by atoms with Crippen LogP contribution in [0.4, 0.5) is 4.39 Å². The van der Waals surface area contributed by atoms with Crippen LogP contribution in [0.15, 0.2) is 24.3 Å². The number of halogens is 1. The summed E-state index contributed by atoms with van der Waals surface area (Å²) in [5.41, 5.74) is 6.01. The van der Waals surface area contributed by atoms with Crippen LogP contribution in [0.2, 0.25) is 6.32 Å². The van der Waals surface area contributed by atoms with Crippen molar-refractivity contribution in [2.45, 2.75) is 56.8 Å². The summed E-state index contributed by atoms with van der Waals surface area (Å²) in [4.78, 5) is 13.9. The third-order valence-corrected chi connectivity index (χ3v) is 5.78. The number of aliphatic carboxylic acids is 1. The van der Waals surface area contributed by atoms with Crippen molar-refractivity contribution >= 4 is 13.1 Å². The van der Waals surface area contributed by atoms with Gasteiger partial charge in [-0.15, -0.1) is 0 Å². The number of carboxylic acids is 1. The van der Waals surface area contributed by atoms with Crippen LogP contribution in [0.25, 0.3) is 0 Å². The molecule has 2 rings (SSSR count). The van der Waals surface area contributed by atoms with E-state index in [1.807, 2.05) is 12.1 Å². The van der Waals surface area contributed by atoms with Crippen LogP contribution in [-0.2, 0) is 11.2 Å². The van der Waals surface area contributed by atoms with Gasteiger partial charge in [-0.3, -0.25) is 4.79 Å². The minimum Gasteiger partial charge on any atom is -0.480 e. The van der Waals surface area contributed by atoms with E-state index in [1.54, 1.807) is 0 Å². The summed E-state index contributed by atoms with van der Waals surface area (Å²) in [6, 6.07) is 6.68. The molecule has 0 spiro atoms. The van der Waals surface area contributed by atoms with E-state index in [1.165, 1.54) is 12.1 Å². The second kappa shape index (κ2) is 10.9. The Labute approximate surface area is 166 Å². The number of carboxylic acid groups (broad SMARTS) is 1. The maximum atomic E-state index is 13.0. The van der Waals surface area contributed by atoms with E-state index in [4.69, 9.17) is 15.8 Å². The molecule has 156 valence electrons. The third-order valence-electron chi connectivity index (χ3n) is 5.78. The first kappa shape index (κ1) is 22.8. The van der Waals surface area contributed by atoms with Crippen molar-refractivity contribution in [1.29, 1.82) is 0 Å². The van der Waals surface area contributed by atoms with E-state index in [2.05, 4.69) is 4.90 Å². The number of unbranched alkanes of at least 4 members (excludes halogenated alkanes) is 1. The first-order valence-electron chi connectivity index (χ1n) is 10.1. The summed E-state index contributed by atoms with van der Waals surface area (Å²) < 4.78 is 13.0. The van der Waals surface area contributed by atoms with Crippen molar-refractivity contribution in [2.24, 2.45) is 11.7 Å². The number of benzene rings is 1. The van der Waals surface area contributed by atoms with Crippen LogP contribution in [0.5, 0.6) is 0 Å². The zero-order valence-corrected chi connectivity index (χ0v) is 16.4. The number of rotatable bonds is 11. The van der Waals surface area contributed by atoms with Gasteiger partial charge in [0.1, 0.15) is 11.4 Å². The number of hydrogen-bond acceptors (Lipinski definition) is 5. The second-order valence-electron chi connectivity index (χ2n) is 8.05. The summed E-state index contributed by atoms with van der Waals surface area (Å²) in [7, 11) is -1.35. The Balaban J connectivity index is 1.72. The van der Waals surface area contributed by atoms with Gasteiger partial charge in [0.25, 0.3) is 0 Å². The molecule has 8 heteroatoms. The smallest absolute Gasteiger partial charge is 0.451 e. The van der Waals surface area contributed by atoms with Gasteiger partial charge in [0.15, 0.2) is 0 Å². The molecule has 0 aliphatic carbocycles. The van der Waals surface area contributed by atoms with Gasteiger partial charge in [-0.05, 0) is 75.1 Å². The van der Waals surface area contributed by atoms with Gasteiger partial charge in [-0.1, -0.05) is 25.0 Å².